The molecule has 0 radical (unpaired) electrons. The topological polar surface area (TPSA) is 109 Å². The molecule has 1 amide bonds. The van der Waals surface area contributed by atoms with Crippen LogP contribution in [0.3, 0.4) is 0 Å². The number of benzene rings is 3. The van der Waals surface area contributed by atoms with E-state index in [1.165, 1.54) is 7.11 Å². The molecule has 10 heteroatoms. The summed E-state index contributed by atoms with van der Waals surface area (Å²) in [5.41, 5.74) is 6.15. The molecule has 3 aromatic carbocycles. The van der Waals surface area contributed by atoms with Crippen molar-refractivity contribution in [1.82, 2.24) is 5.32 Å². The summed E-state index contributed by atoms with van der Waals surface area (Å²) in [5, 5.41) is 2.77. The van der Waals surface area contributed by atoms with Crippen molar-refractivity contribution < 1.29 is 37.2 Å². The third-order valence-corrected chi connectivity index (χ3v) is 9.50. The van der Waals surface area contributed by atoms with Gasteiger partial charge in [0.25, 0.3) is 0 Å². The molecule has 1 N–H and O–H groups in total. The molecular weight excluding hydrogens is 557 g/mol. The number of alkyl carbamates (subject to hydrolysis) is 1. The van der Waals surface area contributed by atoms with Crippen LogP contribution in [0.2, 0.25) is 0 Å². The minimum absolute atomic E-state index is 0.0103. The first kappa shape index (κ1) is 30.0. The van der Waals surface area contributed by atoms with E-state index in [1.807, 2.05) is 48.5 Å². The fourth-order valence-electron chi connectivity index (χ4n) is 6.06. The molecule has 3 aromatic rings. The van der Waals surface area contributed by atoms with Crippen molar-refractivity contribution >= 4 is 19.9 Å². The monoisotopic (exact) mass is 593 g/mol. The first-order valence-electron chi connectivity index (χ1n) is 14.2. The maximum Gasteiger partial charge on any atom is 0.475 e. The molecule has 0 bridgehead atoms. The van der Waals surface area contributed by atoms with Crippen molar-refractivity contribution in [3.05, 3.63) is 95.1 Å². The van der Waals surface area contributed by atoms with Crippen LogP contribution < -0.4 is 5.32 Å². The Kier molecular flexibility index (Phi) is 9.43. The third kappa shape index (κ3) is 6.15. The average molecular weight is 594 g/mol. The summed E-state index contributed by atoms with van der Waals surface area (Å²) in [7, 11) is -2.50. The number of hydrogen-bond donors (Lipinski definition) is 1. The van der Waals surface area contributed by atoms with E-state index < -0.39 is 31.9 Å². The second-order valence-electron chi connectivity index (χ2n) is 10.2. The summed E-state index contributed by atoms with van der Waals surface area (Å²) in [5.74, 6) is -1.66. The molecule has 9 nitrogen and oxygen atoms in total. The van der Waals surface area contributed by atoms with E-state index in [4.69, 9.17) is 23.0 Å². The molecule has 0 saturated heterocycles. The van der Waals surface area contributed by atoms with E-state index in [2.05, 4.69) is 29.6 Å². The molecule has 0 heterocycles. The zero-order chi connectivity index (χ0) is 29.7. The van der Waals surface area contributed by atoms with Gasteiger partial charge < -0.3 is 14.8 Å². The number of hydrogen-bond acceptors (Lipinski definition) is 8. The number of nitrogens with one attached hydrogen (secondary N) is 1. The van der Waals surface area contributed by atoms with Gasteiger partial charge in [-0.1, -0.05) is 72.8 Å². The van der Waals surface area contributed by atoms with Gasteiger partial charge >= 0.3 is 19.9 Å². The molecule has 0 fully saturated rings. The van der Waals surface area contributed by atoms with Crippen molar-refractivity contribution in [2.45, 2.75) is 38.2 Å². The molecule has 0 aromatic heterocycles. The van der Waals surface area contributed by atoms with Crippen LogP contribution in [0.5, 0.6) is 0 Å². The maximum atomic E-state index is 13.2. The standard InChI is InChI=1S/C32H36NO8P/c1-4-39-42(36,40-5-2)41-30-18-27(25-16-10-11-17-26(25)30)28(31(34)37-3)19-33-32(35)38-20-29-23-14-8-6-12-21(23)22-13-7-9-15-24(22)29/h6-17,27-30H,4-5,18-20H2,1-3H3,(H,33,35). The Labute approximate surface area is 246 Å². The van der Waals surface area contributed by atoms with Crippen LogP contribution in [0.1, 0.15) is 60.5 Å². The summed E-state index contributed by atoms with van der Waals surface area (Å²) >= 11 is 0. The number of ether oxygens (including phenoxy) is 2. The summed E-state index contributed by atoms with van der Waals surface area (Å²) in [6, 6.07) is 23.7. The Bertz CT molecular complexity index is 1420. The van der Waals surface area contributed by atoms with Crippen molar-refractivity contribution in [2.75, 3.05) is 33.5 Å². The third-order valence-electron chi connectivity index (χ3n) is 7.84. The largest absolute Gasteiger partial charge is 0.475 e. The van der Waals surface area contributed by atoms with Gasteiger partial charge in [-0.3, -0.25) is 18.4 Å². The molecule has 2 aliphatic carbocycles. The van der Waals surface area contributed by atoms with Crippen LogP contribution >= 0.6 is 7.82 Å². The number of fused-ring (bicyclic) bond motifs is 4. The first-order valence-corrected chi connectivity index (χ1v) is 15.7. The van der Waals surface area contributed by atoms with E-state index in [0.29, 0.717) is 6.42 Å². The molecule has 0 saturated carbocycles. The van der Waals surface area contributed by atoms with E-state index in [0.717, 1.165) is 33.4 Å². The summed E-state index contributed by atoms with van der Waals surface area (Å²) in [4.78, 5) is 25.9. The highest BCUT2D eigenvalue weighted by Gasteiger charge is 2.43. The van der Waals surface area contributed by atoms with E-state index >= 15 is 0 Å². The Hall–Kier alpha value is -3.49. The highest BCUT2D eigenvalue weighted by molar-refractivity contribution is 7.48. The number of rotatable bonds is 12. The van der Waals surface area contributed by atoms with Crippen molar-refractivity contribution in [2.24, 2.45) is 5.92 Å². The molecule has 0 spiro atoms. The predicted molar refractivity (Wildman–Crippen MR) is 157 cm³/mol. The van der Waals surface area contributed by atoms with E-state index in [9.17, 15) is 14.2 Å². The van der Waals surface area contributed by atoms with E-state index in [1.54, 1.807) is 13.8 Å². The number of esters is 1. The second-order valence-corrected chi connectivity index (χ2v) is 11.8. The fraction of sp³-hybridized carbons (Fsp3) is 0.375. The van der Waals surface area contributed by atoms with Crippen LogP contribution in [0.15, 0.2) is 72.8 Å². The molecule has 2 aliphatic rings. The van der Waals surface area contributed by atoms with Gasteiger partial charge in [-0.05, 0) is 53.6 Å². The molecule has 5 rings (SSSR count). The molecule has 3 unspecified atom stereocenters. The van der Waals surface area contributed by atoms with Crippen LogP contribution in [-0.4, -0.2) is 45.5 Å². The zero-order valence-electron chi connectivity index (χ0n) is 24.0. The van der Waals surface area contributed by atoms with Gasteiger partial charge in [0.1, 0.15) is 6.61 Å². The van der Waals surface area contributed by atoms with Gasteiger partial charge in [0.05, 0.1) is 32.3 Å². The zero-order valence-corrected chi connectivity index (χ0v) is 24.9. The van der Waals surface area contributed by atoms with Crippen molar-refractivity contribution in [1.29, 1.82) is 0 Å². The SMILES string of the molecule is CCOP(=O)(OCC)OC1CC(C(CNC(=O)OCC2c3ccccc3-c3ccccc32)C(=O)OC)c2ccccc21. The minimum Gasteiger partial charge on any atom is -0.469 e. The highest BCUT2D eigenvalue weighted by Crippen LogP contribution is 2.58. The lowest BCUT2D eigenvalue weighted by Gasteiger charge is -2.24. The molecule has 222 valence electrons. The Morgan fingerprint density at radius 3 is 1.98 bits per heavy atom. The summed E-state index contributed by atoms with van der Waals surface area (Å²) in [6.45, 7) is 3.89. The minimum atomic E-state index is -3.81. The normalized spacial score (nSPS) is 18.1. The Balaban J connectivity index is 1.27. The van der Waals surface area contributed by atoms with E-state index in [-0.39, 0.29) is 38.2 Å². The predicted octanol–water partition coefficient (Wildman–Crippen LogP) is 6.74. The van der Waals surface area contributed by atoms with Gasteiger partial charge in [0.2, 0.25) is 0 Å². The number of phosphoric ester groups is 1. The highest BCUT2D eigenvalue weighted by atomic mass is 31.2. The number of carbonyl (C=O) groups excluding carboxylic acids is 2. The summed E-state index contributed by atoms with van der Waals surface area (Å²) in [6.07, 6.45) is -0.922. The van der Waals surface area contributed by atoms with Gasteiger partial charge in [0.15, 0.2) is 0 Å². The van der Waals surface area contributed by atoms with Crippen molar-refractivity contribution in [3.63, 3.8) is 0 Å². The van der Waals surface area contributed by atoms with Gasteiger partial charge in [-0.2, -0.15) is 0 Å². The van der Waals surface area contributed by atoms with Gasteiger partial charge in [-0.25, -0.2) is 9.36 Å². The van der Waals surface area contributed by atoms with Crippen LogP contribution in [0.4, 0.5) is 4.79 Å². The molecular formula is C32H36NO8P. The van der Waals surface area contributed by atoms with Gasteiger partial charge in [-0.15, -0.1) is 0 Å². The van der Waals surface area contributed by atoms with Gasteiger partial charge in [0, 0.05) is 18.4 Å². The lowest BCUT2D eigenvalue weighted by molar-refractivity contribution is -0.146. The summed E-state index contributed by atoms with van der Waals surface area (Å²) < 4.78 is 40.6. The maximum absolute atomic E-state index is 13.2. The number of carbonyl (C=O) groups is 2. The first-order chi connectivity index (χ1) is 20.4. The number of phosphoric acid groups is 1. The fourth-order valence-corrected chi connectivity index (χ4v) is 7.40. The lowest BCUT2D eigenvalue weighted by Crippen LogP contribution is -2.37. The second kappa shape index (κ2) is 13.2. The molecule has 42 heavy (non-hydrogen) atoms. The van der Waals surface area contributed by atoms with Crippen LogP contribution in [0, 0.1) is 5.92 Å². The Morgan fingerprint density at radius 1 is 0.857 bits per heavy atom. The smallest absolute Gasteiger partial charge is 0.469 e. The average Bonchev–Trinajstić information content (AvgIpc) is 3.51. The Morgan fingerprint density at radius 2 is 1.40 bits per heavy atom. The van der Waals surface area contributed by atoms with Crippen LogP contribution in [0.25, 0.3) is 11.1 Å². The molecule has 3 atom stereocenters. The lowest BCUT2D eigenvalue weighted by atomic mass is 9.87. The quantitative estimate of drug-likeness (QED) is 0.182. The number of methoxy groups -OCH3 is 1. The van der Waals surface area contributed by atoms with Crippen LogP contribution in [-0.2, 0) is 32.4 Å². The van der Waals surface area contributed by atoms with Crippen molar-refractivity contribution in [3.8, 4) is 11.1 Å². The number of amides is 1. The molecule has 0 aliphatic heterocycles.